The van der Waals surface area contributed by atoms with E-state index in [2.05, 4.69) is 10.3 Å². The van der Waals surface area contributed by atoms with Gasteiger partial charge in [0.1, 0.15) is 0 Å². The van der Waals surface area contributed by atoms with E-state index in [9.17, 15) is 14.9 Å². The molecule has 2 aromatic carbocycles. The lowest BCUT2D eigenvalue weighted by molar-refractivity contribution is -0.384. The second-order valence-corrected chi connectivity index (χ2v) is 6.19. The van der Waals surface area contributed by atoms with E-state index in [-0.39, 0.29) is 11.6 Å². The summed E-state index contributed by atoms with van der Waals surface area (Å²) in [4.78, 5) is 27.3. The first-order chi connectivity index (χ1) is 13.6. The van der Waals surface area contributed by atoms with Gasteiger partial charge < -0.3 is 9.88 Å². The van der Waals surface area contributed by atoms with Crippen LogP contribution in [-0.4, -0.2) is 26.9 Å². The Morgan fingerprint density at radius 3 is 2.71 bits per heavy atom. The minimum atomic E-state index is -0.449. The summed E-state index contributed by atoms with van der Waals surface area (Å²) in [5, 5.41) is 13.9. The molecule has 7 heteroatoms. The zero-order valence-corrected chi connectivity index (χ0v) is 15.2. The first-order valence-corrected chi connectivity index (χ1v) is 8.89. The zero-order valence-electron chi connectivity index (χ0n) is 15.2. The molecule has 3 aromatic rings. The number of benzene rings is 2. The Morgan fingerprint density at radius 1 is 1.18 bits per heavy atom. The number of rotatable bonds is 8. The maximum atomic E-state index is 12.8. The summed E-state index contributed by atoms with van der Waals surface area (Å²) in [6.45, 7) is 1.27. The van der Waals surface area contributed by atoms with Gasteiger partial charge in [-0.25, -0.2) is 4.98 Å². The number of aryl methyl sites for hydroxylation is 1. The van der Waals surface area contributed by atoms with Crippen LogP contribution >= 0.6 is 0 Å². The average molecular weight is 376 g/mol. The van der Waals surface area contributed by atoms with Crippen LogP contribution < -0.4 is 5.32 Å². The van der Waals surface area contributed by atoms with Crippen LogP contribution in [0.2, 0.25) is 0 Å². The van der Waals surface area contributed by atoms with Crippen molar-refractivity contribution in [2.24, 2.45) is 0 Å². The van der Waals surface area contributed by atoms with E-state index in [4.69, 9.17) is 0 Å². The molecule has 1 N–H and O–H groups in total. The maximum absolute atomic E-state index is 12.8. The molecule has 3 rings (SSSR count). The monoisotopic (exact) mass is 376 g/mol. The predicted octanol–water partition coefficient (Wildman–Crippen LogP) is 3.54. The molecular formula is C21H20N4O3. The van der Waals surface area contributed by atoms with Crippen LogP contribution in [0.3, 0.4) is 0 Å². The smallest absolute Gasteiger partial charge is 0.270 e. The molecule has 0 aliphatic rings. The van der Waals surface area contributed by atoms with Crippen LogP contribution in [0.15, 0.2) is 73.3 Å². The summed E-state index contributed by atoms with van der Waals surface area (Å²) in [5.74, 6) is -0.219. The van der Waals surface area contributed by atoms with Crippen molar-refractivity contribution in [1.29, 1.82) is 0 Å². The van der Waals surface area contributed by atoms with E-state index >= 15 is 0 Å². The lowest BCUT2D eigenvalue weighted by Gasteiger charge is -2.10. The average Bonchev–Trinajstić information content (AvgIpc) is 3.23. The van der Waals surface area contributed by atoms with Crippen molar-refractivity contribution in [2.45, 2.75) is 13.0 Å². The lowest BCUT2D eigenvalue weighted by atomic mass is 10.0. The normalized spacial score (nSPS) is 11.2. The van der Waals surface area contributed by atoms with Gasteiger partial charge in [-0.3, -0.25) is 14.9 Å². The number of nitrogens with zero attached hydrogens (tertiary/aromatic N) is 3. The number of carbonyl (C=O) groups excluding carboxylic acids is 1. The van der Waals surface area contributed by atoms with E-state index < -0.39 is 4.92 Å². The van der Waals surface area contributed by atoms with Gasteiger partial charge in [0.15, 0.2) is 0 Å². The Bertz CT molecular complexity index is 966. The van der Waals surface area contributed by atoms with Crippen LogP contribution in [0.25, 0.3) is 11.6 Å². The van der Waals surface area contributed by atoms with Crippen molar-refractivity contribution in [2.75, 3.05) is 6.54 Å². The molecule has 0 spiro atoms. The predicted molar refractivity (Wildman–Crippen MR) is 107 cm³/mol. The van der Waals surface area contributed by atoms with Crippen molar-refractivity contribution in [3.63, 3.8) is 0 Å². The molecule has 0 atom stereocenters. The first kappa shape index (κ1) is 19.0. The third kappa shape index (κ3) is 5.14. The number of non-ortho nitro benzene ring substituents is 1. The number of nitro benzene ring substituents is 1. The van der Waals surface area contributed by atoms with Crippen molar-refractivity contribution in [1.82, 2.24) is 14.9 Å². The standard InChI is InChI=1S/C21H20N4O3/c26-21(23-10-5-12-24-13-11-22-16-24)20(18-7-2-1-3-8-18)15-17-6-4-9-19(14-17)25(27)28/h1-4,6-9,11,13-16H,5,10,12H2,(H,23,26)/b20-15+. The van der Waals surface area contributed by atoms with Crippen LogP contribution in [0.1, 0.15) is 17.5 Å². The van der Waals surface area contributed by atoms with E-state index in [0.29, 0.717) is 17.7 Å². The number of hydrogen-bond donors (Lipinski definition) is 1. The first-order valence-electron chi connectivity index (χ1n) is 8.89. The molecule has 28 heavy (non-hydrogen) atoms. The van der Waals surface area contributed by atoms with Crippen LogP contribution in [0.4, 0.5) is 5.69 Å². The molecule has 0 aliphatic heterocycles. The summed E-state index contributed by atoms with van der Waals surface area (Å²) in [5.41, 5.74) is 1.80. The Hall–Kier alpha value is -3.74. The zero-order chi connectivity index (χ0) is 19.8. The topological polar surface area (TPSA) is 90.1 Å². The molecule has 1 amide bonds. The molecule has 0 unspecified atom stereocenters. The van der Waals surface area contributed by atoms with Gasteiger partial charge in [0, 0.05) is 43.2 Å². The highest BCUT2D eigenvalue weighted by Gasteiger charge is 2.13. The van der Waals surface area contributed by atoms with Gasteiger partial charge in [-0.1, -0.05) is 42.5 Å². The number of imidazole rings is 1. The summed E-state index contributed by atoms with van der Waals surface area (Å²) in [7, 11) is 0. The van der Waals surface area contributed by atoms with Crippen LogP contribution in [0, 0.1) is 10.1 Å². The molecule has 142 valence electrons. The second-order valence-electron chi connectivity index (χ2n) is 6.19. The fourth-order valence-electron chi connectivity index (χ4n) is 2.77. The fourth-order valence-corrected chi connectivity index (χ4v) is 2.77. The van der Waals surface area contributed by atoms with Gasteiger partial charge in [0.25, 0.3) is 11.6 Å². The highest BCUT2D eigenvalue weighted by atomic mass is 16.6. The van der Waals surface area contributed by atoms with E-state index in [1.807, 2.05) is 41.1 Å². The van der Waals surface area contributed by atoms with Crippen molar-refractivity contribution in [3.05, 3.63) is 94.6 Å². The van der Waals surface area contributed by atoms with Crippen molar-refractivity contribution in [3.8, 4) is 0 Å². The minimum absolute atomic E-state index is 0.0121. The number of nitrogens with one attached hydrogen (secondary N) is 1. The van der Waals surface area contributed by atoms with Crippen molar-refractivity contribution >= 4 is 23.2 Å². The van der Waals surface area contributed by atoms with Gasteiger partial charge in [-0.15, -0.1) is 0 Å². The molecule has 0 fully saturated rings. The minimum Gasteiger partial charge on any atom is -0.352 e. The number of carbonyl (C=O) groups is 1. The van der Waals surface area contributed by atoms with Gasteiger partial charge in [0.2, 0.25) is 0 Å². The second kappa shape index (κ2) is 9.27. The number of amides is 1. The molecule has 0 radical (unpaired) electrons. The fraction of sp³-hybridized carbons (Fsp3) is 0.143. The van der Waals surface area contributed by atoms with E-state index in [1.165, 1.54) is 12.1 Å². The molecule has 0 saturated heterocycles. The molecule has 1 heterocycles. The number of hydrogen-bond acceptors (Lipinski definition) is 4. The SMILES string of the molecule is O=C(NCCCn1ccnc1)/C(=C/c1cccc([N+](=O)[O-])c1)c1ccccc1. The van der Waals surface area contributed by atoms with Crippen molar-refractivity contribution < 1.29 is 9.72 Å². The van der Waals surface area contributed by atoms with Crippen LogP contribution in [0.5, 0.6) is 0 Å². The third-order valence-electron chi connectivity index (χ3n) is 4.16. The Balaban J connectivity index is 1.76. The highest BCUT2D eigenvalue weighted by Crippen LogP contribution is 2.21. The summed E-state index contributed by atoms with van der Waals surface area (Å²) >= 11 is 0. The highest BCUT2D eigenvalue weighted by molar-refractivity contribution is 6.24. The molecule has 7 nitrogen and oxygen atoms in total. The Morgan fingerprint density at radius 2 is 2.00 bits per heavy atom. The molecule has 1 aromatic heterocycles. The summed E-state index contributed by atoms with van der Waals surface area (Å²) < 4.78 is 1.95. The molecular weight excluding hydrogens is 356 g/mol. The van der Waals surface area contributed by atoms with E-state index in [0.717, 1.165) is 18.5 Å². The lowest BCUT2D eigenvalue weighted by Crippen LogP contribution is -2.26. The van der Waals surface area contributed by atoms with Gasteiger partial charge in [0.05, 0.1) is 11.3 Å². The largest absolute Gasteiger partial charge is 0.352 e. The molecule has 0 saturated carbocycles. The molecule has 0 bridgehead atoms. The number of nitro groups is 1. The maximum Gasteiger partial charge on any atom is 0.270 e. The molecule has 0 aliphatic carbocycles. The Labute approximate surface area is 162 Å². The summed E-state index contributed by atoms with van der Waals surface area (Å²) in [6, 6.07) is 15.5. The van der Waals surface area contributed by atoms with Crippen LogP contribution in [-0.2, 0) is 11.3 Å². The number of aromatic nitrogens is 2. The quantitative estimate of drug-likeness (QED) is 0.214. The van der Waals surface area contributed by atoms with Gasteiger partial charge in [-0.2, -0.15) is 0 Å². The Kier molecular flexibility index (Phi) is 6.30. The third-order valence-corrected chi connectivity index (χ3v) is 4.16. The van der Waals surface area contributed by atoms with Gasteiger partial charge in [-0.05, 0) is 23.6 Å². The van der Waals surface area contributed by atoms with E-state index in [1.54, 1.807) is 30.7 Å². The van der Waals surface area contributed by atoms with Gasteiger partial charge >= 0.3 is 0 Å². The summed E-state index contributed by atoms with van der Waals surface area (Å²) in [6.07, 6.45) is 7.77.